The number of anilines is 2. The molecule has 5 heteroatoms. The van der Waals surface area contributed by atoms with E-state index >= 15 is 0 Å². The van der Waals surface area contributed by atoms with Gasteiger partial charge in [-0.25, -0.2) is 8.78 Å². The minimum atomic E-state index is -0.497. The van der Waals surface area contributed by atoms with Gasteiger partial charge in [-0.15, -0.1) is 0 Å². The van der Waals surface area contributed by atoms with Gasteiger partial charge < -0.3 is 10.6 Å². The van der Waals surface area contributed by atoms with Gasteiger partial charge in [0.2, 0.25) is 0 Å². The Labute approximate surface area is 109 Å². The van der Waals surface area contributed by atoms with Crippen LogP contribution < -0.4 is 10.6 Å². The zero-order chi connectivity index (χ0) is 13.8. The van der Waals surface area contributed by atoms with Crippen LogP contribution in [0.2, 0.25) is 0 Å². The number of hydrogen-bond donors (Lipinski definition) is 2. The van der Waals surface area contributed by atoms with Gasteiger partial charge in [0.1, 0.15) is 11.6 Å². The Morgan fingerprint density at radius 1 is 1.00 bits per heavy atom. The molecule has 0 fully saturated rings. The number of carbonyl (C=O) groups is 1. The van der Waals surface area contributed by atoms with Gasteiger partial charge in [0.25, 0.3) is 5.91 Å². The SMILES string of the molecule is CNc1ccc(F)cc1C(=O)Nc1ccc(F)cc1. The molecule has 0 saturated heterocycles. The molecule has 0 aliphatic rings. The van der Waals surface area contributed by atoms with Crippen molar-refractivity contribution in [2.45, 2.75) is 0 Å². The van der Waals surface area contributed by atoms with Crippen LogP contribution in [0.1, 0.15) is 10.4 Å². The Morgan fingerprint density at radius 3 is 2.26 bits per heavy atom. The minimum absolute atomic E-state index is 0.187. The number of carbonyl (C=O) groups excluding carboxylic acids is 1. The standard InChI is InChI=1S/C14H12F2N2O/c1-17-13-7-4-10(16)8-12(13)14(19)18-11-5-2-9(15)3-6-11/h2-8,17H,1H3,(H,18,19). The lowest BCUT2D eigenvalue weighted by Crippen LogP contribution is -2.14. The van der Waals surface area contributed by atoms with Crippen molar-refractivity contribution in [1.29, 1.82) is 0 Å². The molecule has 2 N–H and O–H groups in total. The fraction of sp³-hybridized carbons (Fsp3) is 0.0714. The average molecular weight is 262 g/mol. The summed E-state index contributed by atoms with van der Waals surface area (Å²) < 4.78 is 25.9. The number of hydrogen-bond acceptors (Lipinski definition) is 2. The first kappa shape index (κ1) is 13.0. The van der Waals surface area contributed by atoms with Crippen LogP contribution in [0.4, 0.5) is 20.2 Å². The molecule has 0 saturated carbocycles. The van der Waals surface area contributed by atoms with E-state index in [2.05, 4.69) is 10.6 Å². The third-order valence-electron chi connectivity index (χ3n) is 2.60. The van der Waals surface area contributed by atoms with Gasteiger partial charge in [-0.05, 0) is 42.5 Å². The molecule has 0 radical (unpaired) electrons. The predicted octanol–water partition coefficient (Wildman–Crippen LogP) is 3.26. The van der Waals surface area contributed by atoms with E-state index in [1.54, 1.807) is 7.05 Å². The third-order valence-corrected chi connectivity index (χ3v) is 2.60. The topological polar surface area (TPSA) is 41.1 Å². The second kappa shape index (κ2) is 5.48. The van der Waals surface area contributed by atoms with Gasteiger partial charge in [-0.3, -0.25) is 4.79 Å². The van der Waals surface area contributed by atoms with Crippen molar-refractivity contribution >= 4 is 17.3 Å². The molecule has 3 nitrogen and oxygen atoms in total. The summed E-state index contributed by atoms with van der Waals surface area (Å²) in [6, 6.07) is 9.23. The molecular formula is C14H12F2N2O. The normalized spacial score (nSPS) is 10.1. The highest BCUT2D eigenvalue weighted by atomic mass is 19.1. The molecule has 2 aromatic carbocycles. The lowest BCUT2D eigenvalue weighted by molar-refractivity contribution is 0.102. The van der Waals surface area contributed by atoms with Gasteiger partial charge >= 0.3 is 0 Å². The summed E-state index contributed by atoms with van der Waals surface area (Å²) in [7, 11) is 1.64. The van der Waals surface area contributed by atoms with Gasteiger partial charge in [-0.1, -0.05) is 0 Å². The molecular weight excluding hydrogens is 250 g/mol. The maximum atomic E-state index is 13.2. The van der Waals surface area contributed by atoms with Crippen molar-refractivity contribution in [1.82, 2.24) is 0 Å². The molecule has 0 aliphatic carbocycles. The smallest absolute Gasteiger partial charge is 0.257 e. The van der Waals surface area contributed by atoms with E-state index in [9.17, 15) is 13.6 Å². The highest BCUT2D eigenvalue weighted by Gasteiger charge is 2.12. The van der Waals surface area contributed by atoms with E-state index in [-0.39, 0.29) is 11.4 Å². The molecule has 98 valence electrons. The molecule has 0 unspecified atom stereocenters. The van der Waals surface area contributed by atoms with Crippen LogP contribution in [0.3, 0.4) is 0 Å². The summed E-state index contributed by atoms with van der Waals surface area (Å²) in [5.74, 6) is -1.35. The first-order valence-electron chi connectivity index (χ1n) is 5.64. The summed E-state index contributed by atoms with van der Waals surface area (Å²) in [5.41, 5.74) is 1.14. The van der Waals surface area contributed by atoms with E-state index < -0.39 is 11.7 Å². The molecule has 0 aromatic heterocycles. The van der Waals surface area contributed by atoms with Crippen LogP contribution in [-0.2, 0) is 0 Å². The highest BCUT2D eigenvalue weighted by molar-refractivity contribution is 6.08. The van der Waals surface area contributed by atoms with Crippen LogP contribution in [0, 0.1) is 11.6 Å². The second-order valence-corrected chi connectivity index (χ2v) is 3.90. The van der Waals surface area contributed by atoms with Gasteiger partial charge in [0.05, 0.1) is 5.56 Å². The molecule has 1 amide bonds. The Hall–Kier alpha value is -2.43. The minimum Gasteiger partial charge on any atom is -0.387 e. The van der Waals surface area contributed by atoms with Crippen molar-refractivity contribution in [2.75, 3.05) is 17.7 Å². The van der Waals surface area contributed by atoms with Gasteiger partial charge in [-0.2, -0.15) is 0 Å². The zero-order valence-corrected chi connectivity index (χ0v) is 10.2. The first-order chi connectivity index (χ1) is 9.10. The summed E-state index contributed by atoms with van der Waals surface area (Å²) in [6.45, 7) is 0. The Balaban J connectivity index is 2.24. The molecule has 2 rings (SSSR count). The molecule has 0 aliphatic heterocycles. The van der Waals surface area contributed by atoms with Crippen LogP contribution >= 0.6 is 0 Å². The van der Waals surface area contributed by atoms with E-state index in [0.29, 0.717) is 11.4 Å². The maximum Gasteiger partial charge on any atom is 0.257 e. The summed E-state index contributed by atoms with van der Waals surface area (Å²) in [5, 5.41) is 5.39. The summed E-state index contributed by atoms with van der Waals surface area (Å²) in [6.07, 6.45) is 0. The number of halogens is 2. The first-order valence-corrected chi connectivity index (χ1v) is 5.64. The Morgan fingerprint density at radius 2 is 1.63 bits per heavy atom. The predicted molar refractivity (Wildman–Crippen MR) is 70.3 cm³/mol. The van der Waals surface area contributed by atoms with E-state index in [4.69, 9.17) is 0 Å². The fourth-order valence-electron chi connectivity index (χ4n) is 1.65. The largest absolute Gasteiger partial charge is 0.387 e. The lowest BCUT2D eigenvalue weighted by Gasteiger charge is -2.10. The average Bonchev–Trinajstić information content (AvgIpc) is 2.41. The molecule has 0 heterocycles. The summed E-state index contributed by atoms with van der Waals surface area (Å²) >= 11 is 0. The number of benzene rings is 2. The van der Waals surface area contributed by atoms with Crippen molar-refractivity contribution in [3.05, 3.63) is 59.7 Å². The highest BCUT2D eigenvalue weighted by Crippen LogP contribution is 2.18. The summed E-state index contributed by atoms with van der Waals surface area (Å²) in [4.78, 5) is 12.0. The second-order valence-electron chi connectivity index (χ2n) is 3.90. The molecule has 2 aromatic rings. The number of rotatable bonds is 3. The third kappa shape index (κ3) is 3.07. The van der Waals surface area contributed by atoms with Crippen molar-refractivity contribution in [2.24, 2.45) is 0 Å². The quantitative estimate of drug-likeness (QED) is 0.891. The van der Waals surface area contributed by atoms with Gasteiger partial charge in [0, 0.05) is 18.4 Å². The molecule has 0 atom stereocenters. The number of nitrogens with one attached hydrogen (secondary N) is 2. The van der Waals surface area contributed by atoms with Gasteiger partial charge in [0.15, 0.2) is 0 Å². The number of amides is 1. The van der Waals surface area contributed by atoms with Crippen LogP contribution in [0.5, 0.6) is 0 Å². The van der Waals surface area contributed by atoms with E-state index in [0.717, 1.165) is 6.07 Å². The van der Waals surface area contributed by atoms with Crippen molar-refractivity contribution in [3.8, 4) is 0 Å². The molecule has 0 bridgehead atoms. The lowest BCUT2D eigenvalue weighted by atomic mass is 10.1. The molecule has 0 spiro atoms. The maximum absolute atomic E-state index is 13.2. The van der Waals surface area contributed by atoms with Crippen LogP contribution in [0.15, 0.2) is 42.5 Å². The van der Waals surface area contributed by atoms with E-state index in [1.165, 1.54) is 36.4 Å². The molecule has 19 heavy (non-hydrogen) atoms. The zero-order valence-electron chi connectivity index (χ0n) is 10.2. The van der Waals surface area contributed by atoms with Crippen molar-refractivity contribution < 1.29 is 13.6 Å². The Bertz CT molecular complexity index is 597. The van der Waals surface area contributed by atoms with Crippen LogP contribution in [-0.4, -0.2) is 13.0 Å². The fourth-order valence-corrected chi connectivity index (χ4v) is 1.65. The Kier molecular flexibility index (Phi) is 3.75. The van der Waals surface area contributed by atoms with Crippen molar-refractivity contribution in [3.63, 3.8) is 0 Å². The van der Waals surface area contributed by atoms with Crippen LogP contribution in [0.25, 0.3) is 0 Å². The monoisotopic (exact) mass is 262 g/mol. The van der Waals surface area contributed by atoms with E-state index in [1.807, 2.05) is 0 Å².